The molecule has 0 radical (unpaired) electrons. The van der Waals surface area contributed by atoms with Crippen LogP contribution in [-0.4, -0.2) is 8.32 Å². The molecule has 0 N–H and O–H groups in total. The molecule has 0 heterocycles. The van der Waals surface area contributed by atoms with E-state index in [0.717, 1.165) is 5.75 Å². The number of hydrogen-bond acceptors (Lipinski definition) is 1. The highest BCUT2D eigenvalue weighted by Gasteiger charge is 2.18. The van der Waals surface area contributed by atoms with Crippen LogP contribution in [0.15, 0.2) is 12.1 Å². The van der Waals surface area contributed by atoms with Crippen molar-refractivity contribution in [2.45, 2.75) is 40.4 Å². The molecule has 0 saturated carbocycles. The van der Waals surface area contributed by atoms with Gasteiger partial charge in [0.25, 0.3) is 0 Å². The lowest BCUT2D eigenvalue weighted by molar-refractivity contribution is 0.547. The maximum Gasteiger partial charge on any atom is 0.242 e. The molecule has 0 saturated heterocycles. The van der Waals surface area contributed by atoms with Gasteiger partial charge in [0.05, 0.1) is 0 Å². The SMILES string of the molecule is Cc1ccc(C)c(O[Si](C)(C)C)c1C. The van der Waals surface area contributed by atoms with E-state index in [2.05, 4.69) is 52.5 Å². The first kappa shape index (κ1) is 11.3. The molecule has 2 heteroatoms. The van der Waals surface area contributed by atoms with E-state index in [4.69, 9.17) is 4.43 Å². The second-order valence-corrected chi connectivity index (χ2v) is 9.30. The Morgan fingerprint density at radius 3 is 1.93 bits per heavy atom. The summed E-state index contributed by atoms with van der Waals surface area (Å²) in [5, 5.41) is 0. The molecule has 78 valence electrons. The standard InChI is InChI=1S/C12H20OSi/c1-9-7-8-10(2)12(11(9)3)13-14(4,5)6/h7-8H,1-6H3. The number of hydrogen-bond donors (Lipinski definition) is 0. The summed E-state index contributed by atoms with van der Waals surface area (Å²) in [5.74, 6) is 1.10. The van der Waals surface area contributed by atoms with Crippen LogP contribution in [0.5, 0.6) is 5.75 Å². The van der Waals surface area contributed by atoms with Crippen LogP contribution in [0.1, 0.15) is 16.7 Å². The average molecular weight is 208 g/mol. The molecule has 1 nitrogen and oxygen atoms in total. The van der Waals surface area contributed by atoms with Gasteiger partial charge in [-0.05, 0) is 57.1 Å². The topological polar surface area (TPSA) is 9.23 Å². The molecule has 1 aromatic rings. The van der Waals surface area contributed by atoms with Gasteiger partial charge in [0.1, 0.15) is 5.75 Å². The van der Waals surface area contributed by atoms with E-state index < -0.39 is 8.32 Å². The van der Waals surface area contributed by atoms with Crippen LogP contribution in [-0.2, 0) is 0 Å². The smallest absolute Gasteiger partial charge is 0.242 e. The van der Waals surface area contributed by atoms with Gasteiger partial charge in [0, 0.05) is 0 Å². The maximum absolute atomic E-state index is 6.08. The van der Waals surface area contributed by atoms with Crippen molar-refractivity contribution in [1.82, 2.24) is 0 Å². The van der Waals surface area contributed by atoms with E-state index in [0.29, 0.717) is 0 Å². The van der Waals surface area contributed by atoms with Gasteiger partial charge in [-0.1, -0.05) is 12.1 Å². The minimum Gasteiger partial charge on any atom is -0.544 e. The van der Waals surface area contributed by atoms with Gasteiger partial charge >= 0.3 is 0 Å². The summed E-state index contributed by atoms with van der Waals surface area (Å²) in [6.07, 6.45) is 0. The summed E-state index contributed by atoms with van der Waals surface area (Å²) in [4.78, 5) is 0. The van der Waals surface area contributed by atoms with Gasteiger partial charge in [-0.2, -0.15) is 0 Å². The molecule has 0 bridgehead atoms. The van der Waals surface area contributed by atoms with Crippen molar-refractivity contribution in [2.75, 3.05) is 0 Å². The highest BCUT2D eigenvalue weighted by atomic mass is 28.4. The van der Waals surface area contributed by atoms with E-state index in [9.17, 15) is 0 Å². The van der Waals surface area contributed by atoms with Crippen molar-refractivity contribution in [3.8, 4) is 5.75 Å². The fraction of sp³-hybridized carbons (Fsp3) is 0.500. The summed E-state index contributed by atoms with van der Waals surface area (Å²) in [6.45, 7) is 13.0. The molecule has 0 aliphatic heterocycles. The predicted molar refractivity (Wildman–Crippen MR) is 64.6 cm³/mol. The van der Waals surface area contributed by atoms with Crippen LogP contribution in [0.3, 0.4) is 0 Å². The van der Waals surface area contributed by atoms with Crippen LogP contribution < -0.4 is 4.43 Å². The van der Waals surface area contributed by atoms with Crippen molar-refractivity contribution in [3.05, 3.63) is 28.8 Å². The Labute approximate surface area is 88.2 Å². The van der Waals surface area contributed by atoms with Crippen LogP contribution >= 0.6 is 0 Å². The summed E-state index contributed by atoms with van der Waals surface area (Å²) < 4.78 is 6.08. The van der Waals surface area contributed by atoms with Crippen molar-refractivity contribution in [1.29, 1.82) is 0 Å². The normalized spacial score (nSPS) is 11.6. The van der Waals surface area contributed by atoms with Gasteiger partial charge in [0.2, 0.25) is 8.32 Å². The van der Waals surface area contributed by atoms with Crippen molar-refractivity contribution >= 4 is 8.32 Å². The van der Waals surface area contributed by atoms with E-state index in [-0.39, 0.29) is 0 Å². The molecule has 0 aliphatic carbocycles. The molecule has 14 heavy (non-hydrogen) atoms. The zero-order valence-corrected chi connectivity index (χ0v) is 11.1. The Morgan fingerprint density at radius 1 is 0.929 bits per heavy atom. The molecule has 0 amide bonds. The van der Waals surface area contributed by atoms with Crippen molar-refractivity contribution in [3.63, 3.8) is 0 Å². The number of rotatable bonds is 2. The van der Waals surface area contributed by atoms with Gasteiger partial charge in [-0.15, -0.1) is 0 Å². The Morgan fingerprint density at radius 2 is 1.43 bits per heavy atom. The minimum absolute atomic E-state index is 1.10. The Balaban J connectivity index is 3.13. The third kappa shape index (κ3) is 2.61. The second-order valence-electron chi connectivity index (χ2n) is 4.87. The van der Waals surface area contributed by atoms with E-state index >= 15 is 0 Å². The Bertz CT molecular complexity index is 337. The molecule has 0 unspecified atom stereocenters. The molecular formula is C12H20OSi. The fourth-order valence-corrected chi connectivity index (χ4v) is 2.32. The lowest BCUT2D eigenvalue weighted by Gasteiger charge is -2.23. The third-order valence-electron chi connectivity index (χ3n) is 2.28. The quantitative estimate of drug-likeness (QED) is 0.671. The van der Waals surface area contributed by atoms with Crippen LogP contribution in [0, 0.1) is 20.8 Å². The summed E-state index contributed by atoms with van der Waals surface area (Å²) in [5.41, 5.74) is 3.84. The fourth-order valence-electron chi connectivity index (χ4n) is 1.39. The molecule has 0 fully saturated rings. The van der Waals surface area contributed by atoms with Crippen LogP contribution in [0.4, 0.5) is 0 Å². The lowest BCUT2D eigenvalue weighted by atomic mass is 10.1. The molecule has 1 rings (SSSR count). The summed E-state index contributed by atoms with van der Waals surface area (Å²) in [6, 6.07) is 4.29. The molecule has 0 spiro atoms. The van der Waals surface area contributed by atoms with Gasteiger partial charge in [-0.25, -0.2) is 0 Å². The maximum atomic E-state index is 6.08. The zero-order valence-electron chi connectivity index (χ0n) is 10.1. The molecule has 0 aromatic heterocycles. The van der Waals surface area contributed by atoms with Crippen LogP contribution in [0.25, 0.3) is 0 Å². The van der Waals surface area contributed by atoms with Gasteiger partial charge < -0.3 is 4.43 Å². The van der Waals surface area contributed by atoms with Crippen LogP contribution in [0.2, 0.25) is 19.6 Å². The molecular weight excluding hydrogens is 188 g/mol. The first-order valence-electron chi connectivity index (χ1n) is 5.07. The first-order chi connectivity index (χ1) is 6.31. The van der Waals surface area contributed by atoms with E-state index in [1.165, 1.54) is 16.7 Å². The number of benzene rings is 1. The molecule has 1 aromatic carbocycles. The Kier molecular flexibility index (Phi) is 3.05. The summed E-state index contributed by atoms with van der Waals surface area (Å²) >= 11 is 0. The van der Waals surface area contributed by atoms with E-state index in [1.54, 1.807) is 0 Å². The number of aryl methyl sites for hydroxylation is 2. The average Bonchev–Trinajstić information content (AvgIpc) is 2.04. The zero-order chi connectivity index (χ0) is 10.9. The van der Waals surface area contributed by atoms with Gasteiger partial charge in [0.15, 0.2) is 0 Å². The van der Waals surface area contributed by atoms with E-state index in [1.807, 2.05) is 0 Å². The van der Waals surface area contributed by atoms with Gasteiger partial charge in [-0.3, -0.25) is 0 Å². The first-order valence-corrected chi connectivity index (χ1v) is 8.48. The second kappa shape index (κ2) is 3.77. The largest absolute Gasteiger partial charge is 0.544 e. The predicted octanol–water partition coefficient (Wildman–Crippen LogP) is 3.83. The third-order valence-corrected chi connectivity index (χ3v) is 3.10. The van der Waals surface area contributed by atoms with Crippen molar-refractivity contribution < 1.29 is 4.43 Å². The minimum atomic E-state index is -1.48. The van der Waals surface area contributed by atoms with Crippen molar-refractivity contribution in [2.24, 2.45) is 0 Å². The summed E-state index contributed by atoms with van der Waals surface area (Å²) in [7, 11) is -1.48. The highest BCUT2D eigenvalue weighted by Crippen LogP contribution is 2.27. The monoisotopic (exact) mass is 208 g/mol. The highest BCUT2D eigenvalue weighted by molar-refractivity contribution is 6.70. The lowest BCUT2D eigenvalue weighted by Crippen LogP contribution is -2.30. The Hall–Kier alpha value is -0.763. The molecule has 0 atom stereocenters. The molecule has 0 aliphatic rings.